The minimum Gasteiger partial charge on any atom is -0.489 e. The number of hydrogen-bond acceptors (Lipinski definition) is 1. The fourth-order valence-electron chi connectivity index (χ4n) is 1.47. The summed E-state index contributed by atoms with van der Waals surface area (Å²) in [4.78, 5) is 0. The first kappa shape index (κ1) is 9.71. The summed E-state index contributed by atoms with van der Waals surface area (Å²) in [6.45, 7) is 0.571. The molecule has 0 saturated carbocycles. The van der Waals surface area contributed by atoms with E-state index in [1.54, 1.807) is 12.1 Å². The van der Waals surface area contributed by atoms with Gasteiger partial charge in [0.2, 0.25) is 0 Å². The van der Waals surface area contributed by atoms with Gasteiger partial charge in [-0.2, -0.15) is 0 Å². The van der Waals surface area contributed by atoms with Crippen molar-refractivity contribution in [1.29, 1.82) is 0 Å². The predicted octanol–water partition coefficient (Wildman–Crippen LogP) is 3.39. The molecule has 3 heteroatoms. The Hall–Kier alpha value is -0.830. The van der Waals surface area contributed by atoms with Crippen molar-refractivity contribution < 1.29 is 9.13 Å². The molecule has 0 N–H and O–H groups in total. The summed E-state index contributed by atoms with van der Waals surface area (Å²) >= 11 is 3.35. The number of fused-ring (bicyclic) bond motifs is 1. The molecule has 0 aromatic heterocycles. The Bertz CT molecular complexity index is 374. The normalized spacial score (nSPS) is 14.3. The van der Waals surface area contributed by atoms with E-state index in [-0.39, 0.29) is 5.82 Å². The van der Waals surface area contributed by atoms with Gasteiger partial charge >= 0.3 is 0 Å². The number of benzene rings is 1. The smallest absolute Gasteiger partial charge is 0.134 e. The number of rotatable bonds is 2. The van der Waals surface area contributed by atoms with Crippen LogP contribution in [0, 0.1) is 5.82 Å². The van der Waals surface area contributed by atoms with E-state index in [1.165, 1.54) is 6.07 Å². The minimum atomic E-state index is -0.214. The van der Waals surface area contributed by atoms with Gasteiger partial charge in [-0.15, -0.1) is 0 Å². The monoisotopic (exact) mass is 256 g/mol. The van der Waals surface area contributed by atoms with Crippen molar-refractivity contribution in [3.8, 4) is 5.75 Å². The Kier molecular flexibility index (Phi) is 2.87. The molecule has 2 rings (SSSR count). The van der Waals surface area contributed by atoms with Crippen LogP contribution in [0.5, 0.6) is 5.75 Å². The first-order valence-electron chi connectivity index (χ1n) is 4.48. The largest absolute Gasteiger partial charge is 0.489 e. The van der Waals surface area contributed by atoms with Crippen molar-refractivity contribution in [3.63, 3.8) is 0 Å². The van der Waals surface area contributed by atoms with E-state index in [0.29, 0.717) is 17.9 Å². The van der Waals surface area contributed by atoms with Crippen LogP contribution in [0.4, 0.5) is 4.39 Å². The van der Waals surface area contributed by atoms with Gasteiger partial charge in [-0.25, -0.2) is 4.39 Å². The van der Waals surface area contributed by atoms with Gasteiger partial charge in [0, 0.05) is 5.33 Å². The SMILES string of the molecule is Fc1cccc2c1C=C(CCBr)CO2. The summed E-state index contributed by atoms with van der Waals surface area (Å²) in [5.41, 5.74) is 1.70. The molecule has 0 unspecified atom stereocenters. The van der Waals surface area contributed by atoms with Gasteiger partial charge in [0.25, 0.3) is 0 Å². The molecule has 0 atom stereocenters. The first-order chi connectivity index (χ1) is 6.81. The van der Waals surface area contributed by atoms with Crippen molar-refractivity contribution in [2.45, 2.75) is 6.42 Å². The highest BCUT2D eigenvalue weighted by Gasteiger charge is 2.13. The van der Waals surface area contributed by atoms with Crippen LogP contribution in [0.2, 0.25) is 0 Å². The highest BCUT2D eigenvalue weighted by molar-refractivity contribution is 9.09. The molecule has 0 bridgehead atoms. The van der Waals surface area contributed by atoms with E-state index in [0.717, 1.165) is 17.3 Å². The second-order valence-corrected chi connectivity index (χ2v) is 3.97. The van der Waals surface area contributed by atoms with Crippen molar-refractivity contribution in [1.82, 2.24) is 0 Å². The third-order valence-electron chi connectivity index (χ3n) is 2.19. The van der Waals surface area contributed by atoms with Crippen LogP contribution in [-0.2, 0) is 0 Å². The Morgan fingerprint density at radius 3 is 3.07 bits per heavy atom. The molecule has 0 fully saturated rings. The fourth-order valence-corrected chi connectivity index (χ4v) is 1.97. The molecule has 0 aliphatic carbocycles. The molecule has 74 valence electrons. The van der Waals surface area contributed by atoms with Crippen molar-refractivity contribution in [2.24, 2.45) is 0 Å². The molecule has 0 amide bonds. The zero-order chi connectivity index (χ0) is 9.97. The standard InChI is InChI=1S/C11H10BrFO/c12-5-4-8-6-9-10(13)2-1-3-11(9)14-7-8/h1-3,6H,4-5,7H2. The van der Waals surface area contributed by atoms with Crippen LogP contribution in [0.1, 0.15) is 12.0 Å². The molecule has 1 aliphatic rings. The summed E-state index contributed by atoms with van der Waals surface area (Å²) in [5, 5.41) is 0.881. The van der Waals surface area contributed by atoms with Gasteiger partial charge < -0.3 is 4.74 Å². The minimum absolute atomic E-state index is 0.214. The Morgan fingerprint density at radius 1 is 1.43 bits per heavy atom. The second-order valence-electron chi connectivity index (χ2n) is 3.18. The summed E-state index contributed by atoms with van der Waals surface area (Å²) in [7, 11) is 0. The lowest BCUT2D eigenvalue weighted by Gasteiger charge is -2.17. The molecule has 1 heterocycles. The van der Waals surface area contributed by atoms with E-state index >= 15 is 0 Å². The van der Waals surface area contributed by atoms with Gasteiger partial charge in [-0.05, 0) is 30.2 Å². The summed E-state index contributed by atoms with van der Waals surface area (Å²) < 4.78 is 18.8. The third kappa shape index (κ3) is 1.82. The number of halogens is 2. The van der Waals surface area contributed by atoms with E-state index < -0.39 is 0 Å². The predicted molar refractivity (Wildman–Crippen MR) is 58.3 cm³/mol. The maximum absolute atomic E-state index is 13.3. The molecule has 0 saturated heterocycles. The average Bonchev–Trinajstić information content (AvgIpc) is 2.20. The van der Waals surface area contributed by atoms with Crippen molar-refractivity contribution in [2.75, 3.05) is 11.9 Å². The molecule has 0 radical (unpaired) electrons. The lowest BCUT2D eigenvalue weighted by atomic mass is 10.1. The quantitative estimate of drug-likeness (QED) is 0.738. The van der Waals surface area contributed by atoms with Gasteiger partial charge in [-0.3, -0.25) is 0 Å². The molecule has 1 aromatic carbocycles. The van der Waals surface area contributed by atoms with E-state index in [2.05, 4.69) is 15.9 Å². The number of alkyl halides is 1. The van der Waals surface area contributed by atoms with Gasteiger partial charge in [0.15, 0.2) is 0 Å². The highest BCUT2D eigenvalue weighted by atomic mass is 79.9. The summed E-state index contributed by atoms with van der Waals surface area (Å²) in [6, 6.07) is 4.91. The average molecular weight is 257 g/mol. The molecule has 1 aromatic rings. The van der Waals surface area contributed by atoms with Crippen LogP contribution in [0.25, 0.3) is 6.08 Å². The lowest BCUT2D eigenvalue weighted by Crippen LogP contribution is -2.08. The summed E-state index contributed by atoms with van der Waals surface area (Å²) in [5.74, 6) is 0.428. The Balaban J connectivity index is 2.37. The highest BCUT2D eigenvalue weighted by Crippen LogP contribution is 2.29. The van der Waals surface area contributed by atoms with E-state index in [9.17, 15) is 4.39 Å². The number of ether oxygens (including phenoxy) is 1. The van der Waals surface area contributed by atoms with Gasteiger partial charge in [0.05, 0.1) is 5.56 Å². The van der Waals surface area contributed by atoms with Crippen LogP contribution in [-0.4, -0.2) is 11.9 Å². The number of hydrogen-bond donors (Lipinski definition) is 0. The molecular weight excluding hydrogens is 247 g/mol. The van der Waals surface area contributed by atoms with Crippen molar-refractivity contribution >= 4 is 22.0 Å². The van der Waals surface area contributed by atoms with E-state index in [4.69, 9.17) is 4.74 Å². The second kappa shape index (κ2) is 4.13. The zero-order valence-electron chi connectivity index (χ0n) is 7.59. The molecular formula is C11H10BrFO. The molecule has 1 nitrogen and oxygen atoms in total. The lowest BCUT2D eigenvalue weighted by molar-refractivity contribution is 0.341. The van der Waals surface area contributed by atoms with Crippen LogP contribution in [0.15, 0.2) is 23.8 Å². The summed E-state index contributed by atoms with van der Waals surface area (Å²) in [6.07, 6.45) is 2.78. The van der Waals surface area contributed by atoms with Crippen LogP contribution >= 0.6 is 15.9 Å². The van der Waals surface area contributed by atoms with Crippen LogP contribution in [0.3, 0.4) is 0 Å². The third-order valence-corrected chi connectivity index (χ3v) is 2.59. The topological polar surface area (TPSA) is 9.23 Å². The first-order valence-corrected chi connectivity index (χ1v) is 5.60. The van der Waals surface area contributed by atoms with E-state index in [1.807, 2.05) is 6.08 Å². The van der Waals surface area contributed by atoms with Gasteiger partial charge in [0.1, 0.15) is 18.2 Å². The Labute approximate surface area is 90.7 Å². The zero-order valence-corrected chi connectivity index (χ0v) is 9.18. The molecule has 0 spiro atoms. The van der Waals surface area contributed by atoms with Gasteiger partial charge in [-0.1, -0.05) is 22.0 Å². The molecule has 14 heavy (non-hydrogen) atoms. The Morgan fingerprint density at radius 2 is 2.29 bits per heavy atom. The van der Waals surface area contributed by atoms with Crippen molar-refractivity contribution in [3.05, 3.63) is 35.2 Å². The maximum atomic E-state index is 13.3. The van der Waals surface area contributed by atoms with Crippen LogP contribution < -0.4 is 4.74 Å². The fraction of sp³-hybridized carbons (Fsp3) is 0.273. The maximum Gasteiger partial charge on any atom is 0.134 e. The molecule has 1 aliphatic heterocycles.